The molecule has 0 amide bonds. The van der Waals surface area contributed by atoms with Gasteiger partial charge in [-0.25, -0.2) is 0 Å². The van der Waals surface area contributed by atoms with Gasteiger partial charge in [0.25, 0.3) is 0 Å². The molecular formula is C21H34N2O2. The number of benzene rings is 1. The lowest BCUT2D eigenvalue weighted by Crippen LogP contribution is -2.52. The number of hydrogen-bond donors (Lipinski definition) is 1. The van der Waals surface area contributed by atoms with Gasteiger partial charge in [0, 0.05) is 12.5 Å². The van der Waals surface area contributed by atoms with Gasteiger partial charge in [0.05, 0.1) is 13.2 Å². The Labute approximate surface area is 152 Å². The van der Waals surface area contributed by atoms with E-state index in [1.54, 1.807) is 7.11 Å². The molecule has 2 rings (SSSR count). The number of methoxy groups -OCH3 is 1. The molecule has 25 heavy (non-hydrogen) atoms. The Hall–Kier alpha value is -1.39. The monoisotopic (exact) mass is 346 g/mol. The van der Waals surface area contributed by atoms with Crippen molar-refractivity contribution in [2.24, 2.45) is 5.92 Å². The van der Waals surface area contributed by atoms with Gasteiger partial charge in [0.15, 0.2) is 0 Å². The highest BCUT2D eigenvalue weighted by molar-refractivity contribution is 5.84. The first-order chi connectivity index (χ1) is 12.1. The number of nitrogens with zero attached hydrogens (tertiary/aromatic N) is 1. The van der Waals surface area contributed by atoms with Gasteiger partial charge >= 0.3 is 0 Å². The number of ketones is 1. The molecule has 0 saturated carbocycles. The van der Waals surface area contributed by atoms with E-state index in [0.29, 0.717) is 24.2 Å². The first-order valence-electron chi connectivity index (χ1n) is 9.72. The van der Waals surface area contributed by atoms with E-state index >= 15 is 0 Å². The van der Waals surface area contributed by atoms with Crippen LogP contribution >= 0.6 is 0 Å². The first kappa shape index (κ1) is 19.9. The molecule has 0 aliphatic carbocycles. The second-order valence-corrected chi connectivity index (χ2v) is 7.08. The van der Waals surface area contributed by atoms with Gasteiger partial charge in [-0.2, -0.15) is 0 Å². The minimum absolute atomic E-state index is 0.0605. The van der Waals surface area contributed by atoms with Crippen LogP contribution in [0.1, 0.15) is 45.6 Å². The van der Waals surface area contributed by atoms with Crippen LogP contribution in [0.2, 0.25) is 0 Å². The average Bonchev–Trinajstić information content (AvgIpc) is 2.66. The Morgan fingerprint density at radius 2 is 1.88 bits per heavy atom. The van der Waals surface area contributed by atoms with Crippen molar-refractivity contribution in [2.45, 2.75) is 58.5 Å². The van der Waals surface area contributed by atoms with Crippen molar-refractivity contribution in [1.82, 2.24) is 10.2 Å². The van der Waals surface area contributed by atoms with Gasteiger partial charge in [-0.15, -0.1) is 0 Å². The first-order valence-corrected chi connectivity index (χ1v) is 9.72. The number of rotatable bonds is 9. The van der Waals surface area contributed by atoms with E-state index in [2.05, 4.69) is 36.2 Å². The standard InChI is InChI=1S/C21H34N2O2/c1-5-20(24)21(18-11-13-22-14-12-18)23(6-2)16(3)15-17-7-9-19(25-4)10-8-17/h7-10,16,18,21-22H,5-6,11-15H2,1-4H3. The summed E-state index contributed by atoms with van der Waals surface area (Å²) in [6.07, 6.45) is 3.78. The van der Waals surface area contributed by atoms with Crippen molar-refractivity contribution < 1.29 is 9.53 Å². The SMILES string of the molecule is CCC(=O)C(C1CCNCC1)N(CC)C(C)Cc1ccc(OC)cc1. The smallest absolute Gasteiger partial charge is 0.149 e. The molecule has 0 radical (unpaired) electrons. The van der Waals surface area contributed by atoms with Crippen LogP contribution in [0.3, 0.4) is 0 Å². The molecule has 1 aromatic carbocycles. The summed E-state index contributed by atoms with van der Waals surface area (Å²) < 4.78 is 5.25. The molecule has 0 spiro atoms. The van der Waals surface area contributed by atoms with Crippen molar-refractivity contribution in [3.05, 3.63) is 29.8 Å². The number of carbonyl (C=O) groups is 1. The zero-order valence-corrected chi connectivity index (χ0v) is 16.3. The number of likely N-dealkylation sites (N-methyl/N-ethyl adjacent to an activating group) is 1. The van der Waals surface area contributed by atoms with E-state index in [1.807, 2.05) is 19.1 Å². The van der Waals surface area contributed by atoms with Crippen LogP contribution < -0.4 is 10.1 Å². The number of ether oxygens (including phenoxy) is 1. The summed E-state index contributed by atoms with van der Waals surface area (Å²) in [5.41, 5.74) is 1.29. The highest BCUT2D eigenvalue weighted by Crippen LogP contribution is 2.26. The number of hydrogen-bond acceptors (Lipinski definition) is 4. The number of Topliss-reactive ketones (excluding diaryl/α,β-unsaturated/α-hetero) is 1. The zero-order valence-electron chi connectivity index (χ0n) is 16.3. The van der Waals surface area contributed by atoms with Gasteiger partial charge in [0.1, 0.15) is 11.5 Å². The molecule has 1 saturated heterocycles. The number of carbonyl (C=O) groups excluding carboxylic acids is 1. The molecule has 2 atom stereocenters. The predicted molar refractivity (Wildman–Crippen MR) is 103 cm³/mol. The number of nitrogens with one attached hydrogen (secondary N) is 1. The van der Waals surface area contributed by atoms with Crippen molar-refractivity contribution in [1.29, 1.82) is 0 Å². The second-order valence-electron chi connectivity index (χ2n) is 7.08. The molecule has 0 aromatic heterocycles. The Balaban J connectivity index is 2.12. The third kappa shape index (κ3) is 5.29. The normalized spacial score (nSPS) is 18.1. The maximum Gasteiger partial charge on any atom is 0.149 e. The number of piperidine rings is 1. The van der Waals surface area contributed by atoms with E-state index in [4.69, 9.17) is 4.74 Å². The fraction of sp³-hybridized carbons (Fsp3) is 0.667. The third-order valence-corrected chi connectivity index (χ3v) is 5.49. The fourth-order valence-electron chi connectivity index (χ4n) is 4.09. The van der Waals surface area contributed by atoms with Crippen LogP contribution in [0.5, 0.6) is 5.75 Å². The van der Waals surface area contributed by atoms with Crippen LogP contribution in [0.4, 0.5) is 0 Å². The Morgan fingerprint density at radius 1 is 1.24 bits per heavy atom. The topological polar surface area (TPSA) is 41.6 Å². The molecule has 4 heteroatoms. The minimum Gasteiger partial charge on any atom is -0.497 e. The summed E-state index contributed by atoms with van der Waals surface area (Å²) >= 11 is 0. The quantitative estimate of drug-likeness (QED) is 0.745. The largest absolute Gasteiger partial charge is 0.497 e. The van der Waals surface area contributed by atoms with Crippen molar-refractivity contribution in [3.63, 3.8) is 0 Å². The van der Waals surface area contributed by atoms with Crippen molar-refractivity contribution >= 4 is 5.78 Å². The Bertz CT molecular complexity index is 523. The molecule has 140 valence electrons. The van der Waals surface area contributed by atoms with E-state index in [0.717, 1.165) is 44.6 Å². The maximum atomic E-state index is 12.8. The van der Waals surface area contributed by atoms with Gasteiger partial charge in [-0.3, -0.25) is 9.69 Å². The highest BCUT2D eigenvalue weighted by atomic mass is 16.5. The van der Waals surface area contributed by atoms with Gasteiger partial charge < -0.3 is 10.1 Å². The van der Waals surface area contributed by atoms with Gasteiger partial charge in [-0.1, -0.05) is 26.0 Å². The van der Waals surface area contributed by atoms with Crippen LogP contribution in [-0.4, -0.2) is 49.5 Å². The lowest BCUT2D eigenvalue weighted by atomic mass is 9.84. The van der Waals surface area contributed by atoms with E-state index in [9.17, 15) is 4.79 Å². The molecule has 1 heterocycles. The van der Waals surface area contributed by atoms with E-state index in [-0.39, 0.29) is 6.04 Å². The molecule has 2 unspecified atom stereocenters. The predicted octanol–water partition coefficient (Wildman–Crippen LogP) is 3.30. The van der Waals surface area contributed by atoms with E-state index in [1.165, 1.54) is 5.56 Å². The molecular weight excluding hydrogens is 312 g/mol. The van der Waals surface area contributed by atoms with Crippen molar-refractivity contribution in [2.75, 3.05) is 26.7 Å². The summed E-state index contributed by atoms with van der Waals surface area (Å²) in [5.74, 6) is 1.76. The molecule has 1 N–H and O–H groups in total. The molecule has 4 nitrogen and oxygen atoms in total. The zero-order chi connectivity index (χ0) is 18.2. The fourth-order valence-corrected chi connectivity index (χ4v) is 4.09. The minimum atomic E-state index is 0.0605. The Kier molecular flexibility index (Phi) is 7.91. The second kappa shape index (κ2) is 9.93. The van der Waals surface area contributed by atoms with Crippen LogP contribution in [-0.2, 0) is 11.2 Å². The lowest BCUT2D eigenvalue weighted by molar-refractivity contribution is -0.127. The third-order valence-electron chi connectivity index (χ3n) is 5.49. The van der Waals surface area contributed by atoms with Crippen LogP contribution in [0.25, 0.3) is 0 Å². The molecule has 1 fully saturated rings. The van der Waals surface area contributed by atoms with Crippen LogP contribution in [0.15, 0.2) is 24.3 Å². The summed E-state index contributed by atoms with van der Waals surface area (Å²) in [5, 5.41) is 3.42. The average molecular weight is 347 g/mol. The Morgan fingerprint density at radius 3 is 2.40 bits per heavy atom. The van der Waals surface area contributed by atoms with Crippen LogP contribution in [0, 0.1) is 5.92 Å². The van der Waals surface area contributed by atoms with Gasteiger partial charge in [-0.05, 0) is 69.4 Å². The maximum absolute atomic E-state index is 12.8. The molecule has 1 aliphatic rings. The van der Waals surface area contributed by atoms with Crippen molar-refractivity contribution in [3.8, 4) is 5.75 Å². The summed E-state index contributed by atoms with van der Waals surface area (Å²) in [6, 6.07) is 8.69. The van der Waals surface area contributed by atoms with E-state index < -0.39 is 0 Å². The molecule has 0 bridgehead atoms. The molecule has 1 aliphatic heterocycles. The summed E-state index contributed by atoms with van der Waals surface area (Å²) in [7, 11) is 1.69. The summed E-state index contributed by atoms with van der Waals surface area (Å²) in [4.78, 5) is 15.2. The molecule has 1 aromatic rings. The van der Waals surface area contributed by atoms with Gasteiger partial charge in [0.2, 0.25) is 0 Å². The highest BCUT2D eigenvalue weighted by Gasteiger charge is 2.34. The lowest BCUT2D eigenvalue weighted by Gasteiger charge is -2.41. The summed E-state index contributed by atoms with van der Waals surface area (Å²) in [6.45, 7) is 9.41.